The molecule has 0 amide bonds. The molecule has 28 heavy (non-hydrogen) atoms. The Kier molecular flexibility index (Phi) is 11.1. The van der Waals surface area contributed by atoms with Crippen LogP contribution < -0.4 is 124 Å². The van der Waals surface area contributed by atoms with Crippen molar-refractivity contribution in [2.45, 2.75) is 0 Å². The van der Waals surface area contributed by atoms with E-state index in [1.807, 2.05) is 0 Å². The number of carbonyl (C=O) groups excluding carboxylic acids is 2. The number of aromatic nitrogens is 1. The zero-order valence-electron chi connectivity index (χ0n) is 15.4. The Morgan fingerprint density at radius 1 is 0.643 bits per heavy atom. The molecular weight excluding hydrogens is 412 g/mol. The normalized spacial score (nSPS) is 9.43. The van der Waals surface area contributed by atoms with Crippen LogP contribution in [0.15, 0.2) is 66.7 Å². The summed E-state index contributed by atoms with van der Waals surface area (Å²) in [6, 6.07) is 17.6. The van der Waals surface area contributed by atoms with Crippen molar-refractivity contribution in [3.8, 4) is 0 Å². The van der Waals surface area contributed by atoms with Gasteiger partial charge in [0.05, 0.1) is 11.9 Å². The number of hydrogen-bond acceptors (Lipinski definition) is 7. The number of benzene rings is 2. The summed E-state index contributed by atoms with van der Waals surface area (Å²) in [5.74, 6) is -1.35. The third-order valence-electron chi connectivity index (χ3n) is 3.54. The fourth-order valence-corrected chi connectivity index (χ4v) is 2.25. The van der Waals surface area contributed by atoms with Gasteiger partial charge in [-0.15, -0.1) is 0 Å². The predicted molar refractivity (Wildman–Crippen MR) is 92.3 cm³/mol. The van der Waals surface area contributed by atoms with Crippen LogP contribution in [0.2, 0.25) is 0 Å². The first kappa shape index (κ1) is 25.4. The minimum absolute atomic E-state index is 0. The first-order valence-electron chi connectivity index (χ1n) is 7.65. The first-order chi connectivity index (χ1) is 12.5. The van der Waals surface area contributed by atoms with Gasteiger partial charge in [-0.25, -0.2) is 4.98 Å². The van der Waals surface area contributed by atoms with E-state index >= 15 is 0 Å². The van der Waals surface area contributed by atoms with E-state index in [0.717, 1.165) is 0 Å². The van der Waals surface area contributed by atoms with Crippen LogP contribution in [0.1, 0.15) is 20.7 Å². The second-order valence-corrected chi connectivity index (χ2v) is 5.39. The van der Waals surface area contributed by atoms with Crippen molar-refractivity contribution in [2.75, 3.05) is 10.6 Å². The summed E-state index contributed by atoms with van der Waals surface area (Å²) < 4.78 is 0. The molecule has 0 saturated heterocycles. The summed E-state index contributed by atoms with van der Waals surface area (Å²) in [6.07, 6.45) is 0. The molecule has 9 heteroatoms. The largest absolute Gasteiger partial charge is 1.00 e. The number of anilines is 4. The van der Waals surface area contributed by atoms with E-state index in [0.29, 0.717) is 23.0 Å². The molecule has 3 rings (SSSR count). The number of nitrogens with one attached hydrogen (secondary N) is 2. The van der Waals surface area contributed by atoms with Gasteiger partial charge >= 0.3 is 103 Å². The van der Waals surface area contributed by atoms with Gasteiger partial charge in [0.15, 0.2) is 0 Å². The molecule has 2 aromatic carbocycles. The van der Waals surface area contributed by atoms with E-state index in [2.05, 4.69) is 15.6 Å². The molecule has 1 heterocycles. The van der Waals surface area contributed by atoms with Crippen LogP contribution >= 0.6 is 0 Å². The fourth-order valence-electron chi connectivity index (χ4n) is 2.25. The molecule has 1 aromatic heterocycles. The Hall–Kier alpha value is -0.597. The maximum Gasteiger partial charge on any atom is 1.00 e. The summed E-state index contributed by atoms with van der Waals surface area (Å²) in [5, 5.41) is 27.7. The molecule has 0 spiro atoms. The Labute approximate surface area is 246 Å². The van der Waals surface area contributed by atoms with Crippen LogP contribution in [0.25, 0.3) is 0 Å². The van der Waals surface area contributed by atoms with Crippen molar-refractivity contribution in [1.29, 1.82) is 0 Å². The number of hydrogen-bond donors (Lipinski definition) is 2. The second kappa shape index (κ2) is 12.2. The Morgan fingerprint density at radius 3 is 1.32 bits per heavy atom. The van der Waals surface area contributed by atoms with Crippen LogP contribution in [-0.2, 0) is 0 Å². The van der Waals surface area contributed by atoms with Gasteiger partial charge in [0.1, 0.15) is 11.6 Å². The van der Waals surface area contributed by atoms with Gasteiger partial charge in [0, 0.05) is 11.4 Å². The molecule has 130 valence electrons. The number of carboxylic acid groups (broad SMARTS) is 2. The number of rotatable bonds is 6. The monoisotopic (exact) mass is 425 g/mol. The summed E-state index contributed by atoms with van der Waals surface area (Å²) >= 11 is 0. The van der Waals surface area contributed by atoms with Gasteiger partial charge in [-0.1, -0.05) is 30.3 Å². The molecule has 0 fully saturated rings. The van der Waals surface area contributed by atoms with Crippen LogP contribution in [-0.4, -0.2) is 16.9 Å². The first-order valence-corrected chi connectivity index (χ1v) is 7.65. The molecule has 7 nitrogen and oxygen atoms in total. The molecule has 0 aliphatic carbocycles. The number of nitrogens with zero attached hydrogens (tertiary/aromatic N) is 1. The third kappa shape index (κ3) is 7.34. The van der Waals surface area contributed by atoms with Crippen LogP contribution in [0.4, 0.5) is 23.0 Å². The standard InChI is InChI=1S/C19H15N3O4.2K/c23-18(24)12-4-8-14(9-5-12)20-16-2-1-3-17(22-16)21-15-10-6-13(7-11-15)19(25)26;;/h1-11H,(H,23,24)(H,25,26)(H2,20,21,22);;/q;2*+1/p-2. The van der Waals surface area contributed by atoms with Gasteiger partial charge in [0.2, 0.25) is 0 Å². The van der Waals surface area contributed by atoms with E-state index in [9.17, 15) is 19.8 Å². The van der Waals surface area contributed by atoms with E-state index in [4.69, 9.17) is 0 Å². The van der Waals surface area contributed by atoms with Crippen molar-refractivity contribution in [3.63, 3.8) is 0 Å². The van der Waals surface area contributed by atoms with Crippen molar-refractivity contribution in [1.82, 2.24) is 4.98 Å². The predicted octanol–water partition coefficient (Wildman–Crippen LogP) is -4.70. The molecule has 0 radical (unpaired) electrons. The molecular formula is C19H13K2N3O4. The molecule has 2 N–H and O–H groups in total. The van der Waals surface area contributed by atoms with E-state index in [1.54, 1.807) is 42.5 Å². The van der Waals surface area contributed by atoms with Crippen LogP contribution in [0.5, 0.6) is 0 Å². The molecule has 0 saturated carbocycles. The van der Waals surface area contributed by atoms with E-state index in [-0.39, 0.29) is 114 Å². The summed E-state index contributed by atoms with van der Waals surface area (Å²) in [4.78, 5) is 25.9. The van der Waals surface area contributed by atoms with Crippen molar-refractivity contribution in [2.24, 2.45) is 0 Å². The van der Waals surface area contributed by atoms with Gasteiger partial charge in [-0.3, -0.25) is 0 Å². The quantitative estimate of drug-likeness (QED) is 0.381. The van der Waals surface area contributed by atoms with Crippen molar-refractivity contribution >= 4 is 34.9 Å². The van der Waals surface area contributed by atoms with Crippen molar-refractivity contribution in [3.05, 3.63) is 77.9 Å². The smallest absolute Gasteiger partial charge is 0.545 e. The SMILES string of the molecule is O=C([O-])c1ccc(Nc2cccc(Nc3ccc(C(=O)[O-])cc3)n2)cc1.[K+].[K+]. The number of pyridine rings is 1. The summed E-state index contributed by atoms with van der Waals surface area (Å²) in [6.45, 7) is 0. The molecule has 0 aliphatic rings. The minimum atomic E-state index is -1.23. The zero-order chi connectivity index (χ0) is 18.5. The van der Waals surface area contributed by atoms with Gasteiger partial charge in [-0.05, 0) is 47.5 Å². The van der Waals surface area contributed by atoms with Crippen LogP contribution in [0.3, 0.4) is 0 Å². The van der Waals surface area contributed by atoms with E-state index in [1.165, 1.54) is 24.3 Å². The van der Waals surface area contributed by atoms with Gasteiger partial charge in [-0.2, -0.15) is 0 Å². The summed E-state index contributed by atoms with van der Waals surface area (Å²) in [5.41, 5.74) is 1.55. The summed E-state index contributed by atoms with van der Waals surface area (Å²) in [7, 11) is 0. The van der Waals surface area contributed by atoms with Gasteiger partial charge in [0.25, 0.3) is 0 Å². The van der Waals surface area contributed by atoms with Crippen molar-refractivity contribution < 1.29 is 123 Å². The zero-order valence-corrected chi connectivity index (χ0v) is 21.7. The maximum atomic E-state index is 10.8. The Balaban J connectivity index is 0.00000196. The van der Waals surface area contributed by atoms with E-state index < -0.39 is 11.9 Å². The molecule has 0 bridgehead atoms. The second-order valence-electron chi connectivity index (χ2n) is 5.39. The topological polar surface area (TPSA) is 117 Å². The maximum absolute atomic E-state index is 10.8. The number of carboxylic acids is 2. The number of carbonyl (C=O) groups is 2. The minimum Gasteiger partial charge on any atom is -0.545 e. The fraction of sp³-hybridized carbons (Fsp3) is 0. The van der Waals surface area contributed by atoms with Crippen LogP contribution in [0, 0.1) is 0 Å². The molecule has 0 atom stereocenters. The average molecular weight is 426 g/mol. The Bertz CT molecular complexity index is 873. The Morgan fingerprint density at radius 2 is 1.00 bits per heavy atom. The molecule has 0 unspecified atom stereocenters. The van der Waals surface area contributed by atoms with Gasteiger partial charge < -0.3 is 30.4 Å². The number of aromatic carboxylic acids is 2. The molecule has 0 aliphatic heterocycles. The third-order valence-corrected chi connectivity index (χ3v) is 3.54. The molecule has 3 aromatic rings. The average Bonchev–Trinajstić information content (AvgIpc) is 2.63.